The van der Waals surface area contributed by atoms with Crippen molar-refractivity contribution in [1.29, 1.82) is 0 Å². The third-order valence-corrected chi connectivity index (χ3v) is 1.13. The van der Waals surface area contributed by atoms with Gasteiger partial charge in [-0.25, -0.2) is 4.39 Å². The number of rotatable bonds is 1. The first kappa shape index (κ1) is 6.26. The van der Waals surface area contributed by atoms with E-state index in [0.717, 1.165) is 5.69 Å². The Morgan fingerprint density at radius 3 is 2.67 bits per heavy atom. The smallest absolute Gasteiger partial charge is 0.141 e. The van der Waals surface area contributed by atoms with Crippen LogP contribution in [0.3, 0.4) is 0 Å². The topological polar surface area (TPSA) is 28.7 Å². The van der Waals surface area contributed by atoms with Crippen molar-refractivity contribution < 1.29 is 4.39 Å². The molecule has 0 spiro atoms. The lowest BCUT2D eigenvalue weighted by atomic mass is 10.3. The summed E-state index contributed by atoms with van der Waals surface area (Å²) in [4.78, 5) is 0. The van der Waals surface area contributed by atoms with Gasteiger partial charge < -0.3 is 0 Å². The molecule has 0 amide bonds. The highest BCUT2D eigenvalue weighted by Crippen LogP contribution is 2.12. The maximum absolute atomic E-state index is 12.4. The molecule has 1 rings (SSSR count). The Hall–Kier alpha value is -0.860. The summed E-state index contributed by atoms with van der Waals surface area (Å²) in [5, 5.41) is 6.38. The average molecular weight is 128 g/mol. The third kappa shape index (κ3) is 1.28. The molecule has 0 bridgehead atoms. The number of alkyl halides is 1. The fraction of sp³-hybridized carbons (Fsp3) is 0.500. The predicted molar refractivity (Wildman–Crippen MR) is 32.8 cm³/mol. The molecule has 50 valence electrons. The quantitative estimate of drug-likeness (QED) is 0.613. The van der Waals surface area contributed by atoms with Gasteiger partial charge in [-0.05, 0) is 19.9 Å². The highest BCUT2D eigenvalue weighted by atomic mass is 19.1. The van der Waals surface area contributed by atoms with Crippen molar-refractivity contribution in [3.8, 4) is 0 Å². The lowest BCUT2D eigenvalue weighted by molar-refractivity contribution is 0.365. The summed E-state index contributed by atoms with van der Waals surface area (Å²) in [6.45, 7) is 3.31. The van der Waals surface area contributed by atoms with E-state index >= 15 is 0 Å². The van der Waals surface area contributed by atoms with Gasteiger partial charge in [0.2, 0.25) is 0 Å². The Balaban J connectivity index is 2.85. The Morgan fingerprint density at radius 2 is 2.44 bits per heavy atom. The highest BCUT2D eigenvalue weighted by Gasteiger charge is 2.04. The van der Waals surface area contributed by atoms with Crippen LogP contribution in [0.15, 0.2) is 6.07 Å². The van der Waals surface area contributed by atoms with Crippen molar-refractivity contribution in [3.63, 3.8) is 0 Å². The van der Waals surface area contributed by atoms with Gasteiger partial charge in [-0.15, -0.1) is 0 Å². The summed E-state index contributed by atoms with van der Waals surface area (Å²) in [7, 11) is 0. The summed E-state index contributed by atoms with van der Waals surface area (Å²) in [6, 6.07) is 1.70. The Bertz CT molecular complexity index is 193. The van der Waals surface area contributed by atoms with Gasteiger partial charge in [-0.2, -0.15) is 5.10 Å². The number of halogens is 1. The van der Waals surface area contributed by atoms with Crippen LogP contribution < -0.4 is 0 Å². The van der Waals surface area contributed by atoms with E-state index in [1.165, 1.54) is 6.92 Å². The highest BCUT2D eigenvalue weighted by molar-refractivity contribution is 5.08. The van der Waals surface area contributed by atoms with Crippen LogP contribution >= 0.6 is 0 Å². The van der Waals surface area contributed by atoms with E-state index in [4.69, 9.17) is 0 Å². The van der Waals surface area contributed by atoms with Crippen LogP contribution in [0.1, 0.15) is 24.5 Å². The zero-order valence-electron chi connectivity index (χ0n) is 5.48. The van der Waals surface area contributed by atoms with E-state index in [9.17, 15) is 4.39 Å². The second-order valence-corrected chi connectivity index (χ2v) is 2.09. The monoisotopic (exact) mass is 128 g/mol. The SMILES string of the molecule is Cc1cc(C(C)F)n[nH]1. The van der Waals surface area contributed by atoms with E-state index in [-0.39, 0.29) is 0 Å². The van der Waals surface area contributed by atoms with Crippen molar-refractivity contribution in [3.05, 3.63) is 17.5 Å². The molecule has 3 heteroatoms. The van der Waals surface area contributed by atoms with Crippen molar-refractivity contribution in [1.82, 2.24) is 10.2 Å². The molecule has 0 saturated heterocycles. The number of hydrogen-bond donors (Lipinski definition) is 1. The Labute approximate surface area is 53.1 Å². The van der Waals surface area contributed by atoms with Crippen LogP contribution in [-0.4, -0.2) is 10.2 Å². The normalized spacial score (nSPS) is 13.7. The first-order valence-electron chi connectivity index (χ1n) is 2.86. The molecule has 2 nitrogen and oxygen atoms in total. The number of H-pyrrole nitrogens is 1. The van der Waals surface area contributed by atoms with E-state index in [0.29, 0.717) is 5.69 Å². The molecule has 1 aromatic heterocycles. The molecule has 1 aromatic rings. The van der Waals surface area contributed by atoms with E-state index < -0.39 is 6.17 Å². The maximum atomic E-state index is 12.4. The molecule has 1 unspecified atom stereocenters. The van der Waals surface area contributed by atoms with Crippen molar-refractivity contribution >= 4 is 0 Å². The standard InChI is InChI=1S/C6H9FN2/c1-4-3-6(5(2)7)9-8-4/h3,5H,1-2H3,(H,8,9). The van der Waals surface area contributed by atoms with Crippen molar-refractivity contribution in [2.24, 2.45) is 0 Å². The molecule has 0 saturated carbocycles. The second-order valence-electron chi connectivity index (χ2n) is 2.09. The van der Waals surface area contributed by atoms with Gasteiger partial charge in [-0.3, -0.25) is 5.10 Å². The van der Waals surface area contributed by atoms with Crippen LogP contribution in [0, 0.1) is 6.92 Å². The largest absolute Gasteiger partial charge is 0.282 e. The van der Waals surface area contributed by atoms with Gasteiger partial charge in [0.05, 0.1) is 5.69 Å². The van der Waals surface area contributed by atoms with Gasteiger partial charge >= 0.3 is 0 Å². The molecular formula is C6H9FN2. The van der Waals surface area contributed by atoms with Crippen LogP contribution in [0.2, 0.25) is 0 Å². The van der Waals surface area contributed by atoms with Gasteiger partial charge in [0.1, 0.15) is 6.17 Å². The molecular weight excluding hydrogens is 119 g/mol. The fourth-order valence-electron chi connectivity index (χ4n) is 0.643. The number of hydrogen-bond acceptors (Lipinski definition) is 1. The van der Waals surface area contributed by atoms with Gasteiger partial charge in [0, 0.05) is 5.69 Å². The molecule has 0 aliphatic carbocycles. The van der Waals surface area contributed by atoms with Crippen molar-refractivity contribution in [2.45, 2.75) is 20.0 Å². The number of aromatic nitrogens is 2. The van der Waals surface area contributed by atoms with Crippen LogP contribution in [0.25, 0.3) is 0 Å². The minimum absolute atomic E-state index is 0.479. The molecule has 1 heterocycles. The molecule has 9 heavy (non-hydrogen) atoms. The molecule has 0 aliphatic heterocycles. The number of nitrogens with zero attached hydrogens (tertiary/aromatic N) is 1. The van der Waals surface area contributed by atoms with Crippen LogP contribution in [0.5, 0.6) is 0 Å². The summed E-state index contributed by atoms with van der Waals surface area (Å²) < 4.78 is 12.4. The summed E-state index contributed by atoms with van der Waals surface area (Å²) in [5.41, 5.74) is 1.38. The number of nitrogens with one attached hydrogen (secondary N) is 1. The predicted octanol–water partition coefficient (Wildman–Crippen LogP) is 1.75. The molecule has 0 aromatic carbocycles. The molecule has 1 N–H and O–H groups in total. The number of aromatic amines is 1. The summed E-state index contributed by atoms with van der Waals surface area (Å²) in [6.07, 6.45) is -0.963. The minimum Gasteiger partial charge on any atom is -0.282 e. The van der Waals surface area contributed by atoms with Gasteiger partial charge in [0.15, 0.2) is 0 Å². The lowest BCUT2D eigenvalue weighted by Crippen LogP contribution is -1.83. The molecule has 0 radical (unpaired) electrons. The van der Waals surface area contributed by atoms with Crippen LogP contribution in [-0.2, 0) is 0 Å². The van der Waals surface area contributed by atoms with Crippen LogP contribution in [0.4, 0.5) is 4.39 Å². The minimum atomic E-state index is -0.963. The molecule has 1 atom stereocenters. The third-order valence-electron chi connectivity index (χ3n) is 1.13. The first-order valence-corrected chi connectivity index (χ1v) is 2.86. The summed E-state index contributed by atoms with van der Waals surface area (Å²) >= 11 is 0. The van der Waals surface area contributed by atoms with E-state index in [2.05, 4.69) is 10.2 Å². The summed E-state index contributed by atoms with van der Waals surface area (Å²) in [5.74, 6) is 0. The van der Waals surface area contributed by atoms with Gasteiger partial charge in [0.25, 0.3) is 0 Å². The molecule has 0 fully saturated rings. The number of aryl methyl sites for hydroxylation is 1. The van der Waals surface area contributed by atoms with E-state index in [1.807, 2.05) is 6.92 Å². The average Bonchev–Trinajstić information content (AvgIpc) is 2.14. The zero-order valence-corrected chi connectivity index (χ0v) is 5.48. The second kappa shape index (κ2) is 2.17. The maximum Gasteiger partial charge on any atom is 0.141 e. The molecule has 0 aliphatic rings. The Kier molecular flexibility index (Phi) is 1.51. The van der Waals surface area contributed by atoms with Gasteiger partial charge in [-0.1, -0.05) is 0 Å². The fourth-order valence-corrected chi connectivity index (χ4v) is 0.643. The lowest BCUT2D eigenvalue weighted by Gasteiger charge is -1.90. The Morgan fingerprint density at radius 1 is 1.78 bits per heavy atom. The zero-order chi connectivity index (χ0) is 6.85. The van der Waals surface area contributed by atoms with E-state index in [1.54, 1.807) is 6.07 Å². The van der Waals surface area contributed by atoms with Crippen molar-refractivity contribution in [2.75, 3.05) is 0 Å². The first-order chi connectivity index (χ1) is 4.20.